The van der Waals surface area contributed by atoms with E-state index in [0.29, 0.717) is 69.0 Å². The summed E-state index contributed by atoms with van der Waals surface area (Å²) in [6, 6.07) is 8.17. The number of furan rings is 1. The molecule has 7 N–H and O–H groups in total. The number of carbonyl (C=O) groups excluding carboxylic acids is 3. The molecule has 0 saturated heterocycles. The minimum atomic E-state index is -0.641. The van der Waals surface area contributed by atoms with Crippen molar-refractivity contribution in [3.05, 3.63) is 70.8 Å². The highest BCUT2D eigenvalue weighted by Gasteiger charge is 2.22. The maximum absolute atomic E-state index is 13.4. The zero-order chi connectivity index (χ0) is 32.9. The SMILES string of the molecule is CCn1nc(C)cc1C(=O)Nc1nc2cc(C(N)=O)cc(OC)c2n1C/C=C/Cn1c(N)nc2cc(C(N)=O)c3oc(C)cc3c21. The number of anilines is 2. The molecule has 4 aromatic heterocycles. The quantitative estimate of drug-likeness (QED) is 0.164. The van der Waals surface area contributed by atoms with Gasteiger partial charge in [-0.1, -0.05) is 12.2 Å². The number of nitrogen functional groups attached to an aromatic ring is 1. The lowest BCUT2D eigenvalue weighted by Gasteiger charge is -2.11. The number of hydrogen-bond donors (Lipinski definition) is 4. The topological polar surface area (TPSA) is 217 Å². The number of carbonyl (C=O) groups is 3. The molecule has 0 spiro atoms. The molecule has 6 rings (SSSR count). The van der Waals surface area contributed by atoms with Crippen molar-refractivity contribution < 1.29 is 23.5 Å². The van der Waals surface area contributed by atoms with Crippen molar-refractivity contribution in [3.63, 3.8) is 0 Å². The van der Waals surface area contributed by atoms with Gasteiger partial charge in [0.25, 0.3) is 11.8 Å². The van der Waals surface area contributed by atoms with Crippen molar-refractivity contribution in [2.45, 2.75) is 40.4 Å². The van der Waals surface area contributed by atoms with Crippen molar-refractivity contribution in [1.82, 2.24) is 28.9 Å². The van der Waals surface area contributed by atoms with Gasteiger partial charge in [0.05, 0.1) is 34.9 Å². The highest BCUT2D eigenvalue weighted by Crippen LogP contribution is 2.33. The van der Waals surface area contributed by atoms with Crippen LogP contribution in [0.5, 0.6) is 5.75 Å². The lowest BCUT2D eigenvalue weighted by molar-refractivity contribution is 0.0992. The van der Waals surface area contributed by atoms with E-state index in [1.165, 1.54) is 13.2 Å². The number of methoxy groups -OCH3 is 1. The second-order valence-corrected chi connectivity index (χ2v) is 10.7. The van der Waals surface area contributed by atoms with Crippen LogP contribution in [0.2, 0.25) is 0 Å². The van der Waals surface area contributed by atoms with Gasteiger partial charge in [-0.3, -0.25) is 24.4 Å². The van der Waals surface area contributed by atoms with Crippen LogP contribution in [0.1, 0.15) is 49.6 Å². The summed E-state index contributed by atoms with van der Waals surface area (Å²) in [5, 5.41) is 7.92. The van der Waals surface area contributed by atoms with Crippen LogP contribution in [0.4, 0.5) is 11.9 Å². The Bertz CT molecular complexity index is 2230. The number of rotatable bonds is 10. The molecule has 0 aliphatic carbocycles. The van der Waals surface area contributed by atoms with Crippen LogP contribution < -0.4 is 27.3 Å². The molecule has 0 saturated carbocycles. The van der Waals surface area contributed by atoms with Gasteiger partial charge in [-0.15, -0.1) is 0 Å². The molecule has 3 amide bonds. The van der Waals surface area contributed by atoms with Crippen LogP contribution in [0.3, 0.4) is 0 Å². The summed E-state index contributed by atoms with van der Waals surface area (Å²) in [5.74, 6) is -0.229. The van der Waals surface area contributed by atoms with E-state index in [2.05, 4.69) is 20.4 Å². The number of amides is 3. The van der Waals surface area contributed by atoms with Gasteiger partial charge in [0.2, 0.25) is 17.8 Å². The number of nitrogens with one attached hydrogen (secondary N) is 1. The average Bonchev–Trinajstić information content (AvgIpc) is 3.76. The summed E-state index contributed by atoms with van der Waals surface area (Å²) >= 11 is 0. The predicted molar refractivity (Wildman–Crippen MR) is 172 cm³/mol. The summed E-state index contributed by atoms with van der Waals surface area (Å²) in [5.41, 5.74) is 21.5. The lowest BCUT2D eigenvalue weighted by Crippen LogP contribution is -2.20. The molecule has 15 nitrogen and oxygen atoms in total. The van der Waals surface area contributed by atoms with Crippen LogP contribution >= 0.6 is 0 Å². The van der Waals surface area contributed by atoms with E-state index in [1.54, 1.807) is 38.9 Å². The highest BCUT2D eigenvalue weighted by atomic mass is 16.5. The Morgan fingerprint density at radius 1 is 0.957 bits per heavy atom. The number of hydrogen-bond acceptors (Lipinski definition) is 9. The van der Waals surface area contributed by atoms with Crippen LogP contribution in [-0.2, 0) is 19.6 Å². The third-order valence-corrected chi connectivity index (χ3v) is 7.64. The Kier molecular flexibility index (Phi) is 7.43. The first-order valence-electron chi connectivity index (χ1n) is 14.4. The van der Waals surface area contributed by atoms with E-state index >= 15 is 0 Å². The van der Waals surface area contributed by atoms with Gasteiger partial charge < -0.3 is 35.5 Å². The Hall–Kier alpha value is -6.12. The summed E-state index contributed by atoms with van der Waals surface area (Å²) in [4.78, 5) is 46.6. The molecule has 0 radical (unpaired) electrons. The minimum Gasteiger partial charge on any atom is -0.494 e. The largest absolute Gasteiger partial charge is 0.494 e. The first kappa shape index (κ1) is 29.9. The number of primary amides is 2. The second-order valence-electron chi connectivity index (χ2n) is 10.7. The van der Waals surface area contributed by atoms with Crippen molar-refractivity contribution in [2.24, 2.45) is 11.5 Å². The Morgan fingerprint density at radius 2 is 1.67 bits per heavy atom. The predicted octanol–water partition coefficient (Wildman–Crippen LogP) is 3.26. The molecule has 0 aliphatic heterocycles. The maximum atomic E-state index is 13.4. The van der Waals surface area contributed by atoms with Crippen LogP contribution in [-0.4, -0.2) is 53.7 Å². The molecule has 236 valence electrons. The number of nitrogens with two attached hydrogens (primary N) is 3. The Labute approximate surface area is 261 Å². The zero-order valence-electron chi connectivity index (χ0n) is 25.6. The normalized spacial score (nSPS) is 11.7. The molecule has 2 aromatic carbocycles. The number of fused-ring (bicyclic) bond motifs is 4. The Morgan fingerprint density at radius 3 is 2.35 bits per heavy atom. The van der Waals surface area contributed by atoms with E-state index in [-0.39, 0.29) is 29.6 Å². The summed E-state index contributed by atoms with van der Waals surface area (Å²) in [6.07, 6.45) is 3.76. The molecule has 46 heavy (non-hydrogen) atoms. The van der Waals surface area contributed by atoms with Gasteiger partial charge in [-0.25, -0.2) is 9.97 Å². The number of allylic oxidation sites excluding steroid dienone is 2. The zero-order valence-corrected chi connectivity index (χ0v) is 25.6. The van der Waals surface area contributed by atoms with E-state index in [9.17, 15) is 14.4 Å². The first-order valence-corrected chi connectivity index (χ1v) is 14.4. The molecular weight excluding hydrogens is 592 g/mol. The van der Waals surface area contributed by atoms with Crippen LogP contribution in [0, 0.1) is 13.8 Å². The molecule has 0 aliphatic rings. The minimum absolute atomic E-state index is 0.213. The smallest absolute Gasteiger partial charge is 0.276 e. The van der Waals surface area contributed by atoms with Crippen molar-refractivity contribution in [2.75, 3.05) is 18.2 Å². The van der Waals surface area contributed by atoms with Crippen molar-refractivity contribution in [1.29, 1.82) is 0 Å². The van der Waals surface area contributed by atoms with Gasteiger partial charge >= 0.3 is 0 Å². The van der Waals surface area contributed by atoms with Crippen molar-refractivity contribution >= 4 is 62.7 Å². The number of benzene rings is 2. The molecule has 0 bridgehead atoms. The second kappa shape index (κ2) is 11.4. The molecule has 0 unspecified atom stereocenters. The average molecular weight is 625 g/mol. The first-order chi connectivity index (χ1) is 22.0. The summed E-state index contributed by atoms with van der Waals surface area (Å²) in [7, 11) is 1.47. The number of nitrogens with zero attached hydrogens (tertiary/aromatic N) is 6. The summed E-state index contributed by atoms with van der Waals surface area (Å²) in [6.45, 7) is 6.57. The van der Waals surface area contributed by atoms with Gasteiger partial charge in [-0.05, 0) is 51.1 Å². The third-order valence-electron chi connectivity index (χ3n) is 7.64. The van der Waals surface area contributed by atoms with E-state index < -0.39 is 17.7 Å². The Balaban J connectivity index is 1.38. The van der Waals surface area contributed by atoms with E-state index in [4.69, 9.17) is 26.4 Å². The van der Waals surface area contributed by atoms with Crippen molar-refractivity contribution in [3.8, 4) is 5.75 Å². The maximum Gasteiger partial charge on any atom is 0.276 e. The van der Waals surface area contributed by atoms with Gasteiger partial charge in [0.15, 0.2) is 0 Å². The molecule has 0 fully saturated rings. The monoisotopic (exact) mass is 624 g/mol. The number of imidazole rings is 2. The molecule has 0 atom stereocenters. The fraction of sp³-hybridized carbons (Fsp3) is 0.226. The fourth-order valence-electron chi connectivity index (χ4n) is 5.63. The third kappa shape index (κ3) is 5.06. The van der Waals surface area contributed by atoms with Crippen LogP contribution in [0.25, 0.3) is 33.0 Å². The van der Waals surface area contributed by atoms with Gasteiger partial charge in [-0.2, -0.15) is 5.10 Å². The standard InChI is InChI=1S/C31H32N10O5/c1-5-41-22(10-15(2)38-41)29(44)37-31-36-20-12-17(27(32)42)13-23(45-4)25(20)40(31)9-7-6-8-39-24-18-11-16(3)46-26(18)19(28(33)43)14-21(24)35-30(39)34/h6-7,10-14H,5,8-9H2,1-4H3,(H2,32,42)(H2,33,43)(H2,34,35)(H,36,37,44)/b7-6+. The highest BCUT2D eigenvalue weighted by molar-refractivity contribution is 6.14. The molecule has 4 heterocycles. The van der Waals surface area contributed by atoms with E-state index in [0.717, 1.165) is 0 Å². The van der Waals surface area contributed by atoms with Gasteiger partial charge in [0, 0.05) is 30.6 Å². The molecular formula is C31H32N10O5. The van der Waals surface area contributed by atoms with Gasteiger partial charge in [0.1, 0.15) is 28.3 Å². The van der Waals surface area contributed by atoms with Crippen LogP contribution in [0.15, 0.2) is 46.9 Å². The molecule has 15 heteroatoms. The lowest BCUT2D eigenvalue weighted by atomic mass is 10.1. The number of ether oxygens (including phenoxy) is 1. The van der Waals surface area contributed by atoms with E-state index in [1.807, 2.05) is 32.1 Å². The fourth-order valence-corrected chi connectivity index (χ4v) is 5.63. The number of aryl methyl sites for hydroxylation is 3. The number of aromatic nitrogens is 6. The summed E-state index contributed by atoms with van der Waals surface area (Å²) < 4.78 is 16.6. The molecule has 6 aromatic rings.